The van der Waals surface area contributed by atoms with Crippen molar-refractivity contribution >= 4 is 17.2 Å². The lowest BCUT2D eigenvalue weighted by atomic mass is 10.1. The van der Waals surface area contributed by atoms with Gasteiger partial charge in [-0.1, -0.05) is 0 Å². The maximum atomic E-state index is 12.0. The molecule has 7 nitrogen and oxygen atoms in total. The highest BCUT2D eigenvalue weighted by atomic mass is 32.1. The van der Waals surface area contributed by atoms with E-state index >= 15 is 0 Å². The predicted molar refractivity (Wildman–Crippen MR) is 79.2 cm³/mol. The molecule has 0 saturated carbocycles. The first-order chi connectivity index (χ1) is 10.2. The van der Waals surface area contributed by atoms with E-state index in [0.29, 0.717) is 6.54 Å². The Bertz CT molecular complexity index is 616. The number of carbonyl (C=O) groups is 1. The number of nitrogens with one attached hydrogen (secondary N) is 2. The Morgan fingerprint density at radius 2 is 2.48 bits per heavy atom. The minimum Gasteiger partial charge on any atom is -0.344 e. The van der Waals surface area contributed by atoms with E-state index in [1.54, 1.807) is 28.5 Å². The SMILES string of the molecule is Cc1ncc(CNC(=O)c2ncn(C3CCCNC3)n2)s1. The van der Waals surface area contributed by atoms with E-state index in [-0.39, 0.29) is 17.8 Å². The fourth-order valence-electron chi connectivity index (χ4n) is 2.35. The number of nitrogens with zero attached hydrogens (tertiary/aromatic N) is 4. The van der Waals surface area contributed by atoms with E-state index in [4.69, 9.17) is 0 Å². The number of amides is 1. The Balaban J connectivity index is 1.58. The minimum atomic E-state index is -0.247. The third kappa shape index (κ3) is 3.45. The maximum Gasteiger partial charge on any atom is 0.291 e. The summed E-state index contributed by atoms with van der Waals surface area (Å²) in [6.45, 7) is 4.33. The number of aryl methyl sites for hydroxylation is 1. The van der Waals surface area contributed by atoms with Crippen LogP contribution in [0.5, 0.6) is 0 Å². The monoisotopic (exact) mass is 306 g/mol. The lowest BCUT2D eigenvalue weighted by Gasteiger charge is -2.22. The second kappa shape index (κ2) is 6.31. The van der Waals surface area contributed by atoms with Gasteiger partial charge >= 0.3 is 0 Å². The van der Waals surface area contributed by atoms with Crippen molar-refractivity contribution in [2.24, 2.45) is 0 Å². The van der Waals surface area contributed by atoms with E-state index in [1.165, 1.54) is 0 Å². The molecule has 3 heterocycles. The Morgan fingerprint density at radius 3 is 3.19 bits per heavy atom. The van der Waals surface area contributed by atoms with E-state index < -0.39 is 0 Å². The highest BCUT2D eigenvalue weighted by Crippen LogP contribution is 2.15. The molecule has 1 saturated heterocycles. The zero-order valence-corrected chi connectivity index (χ0v) is 12.7. The number of rotatable bonds is 4. The molecule has 21 heavy (non-hydrogen) atoms. The van der Waals surface area contributed by atoms with Gasteiger partial charge in [0, 0.05) is 17.6 Å². The minimum absolute atomic E-state index is 0.224. The number of hydrogen-bond acceptors (Lipinski definition) is 6. The van der Waals surface area contributed by atoms with Crippen molar-refractivity contribution in [3.63, 3.8) is 0 Å². The van der Waals surface area contributed by atoms with E-state index in [1.807, 2.05) is 6.92 Å². The van der Waals surface area contributed by atoms with Gasteiger partial charge < -0.3 is 10.6 Å². The quantitative estimate of drug-likeness (QED) is 0.876. The molecule has 112 valence electrons. The van der Waals surface area contributed by atoms with Crippen LogP contribution in [0.25, 0.3) is 0 Å². The third-order valence-corrected chi connectivity index (χ3v) is 4.36. The van der Waals surface area contributed by atoms with Crippen LogP contribution < -0.4 is 10.6 Å². The fourth-order valence-corrected chi connectivity index (χ4v) is 3.08. The first-order valence-corrected chi connectivity index (χ1v) is 7.85. The largest absolute Gasteiger partial charge is 0.344 e. The van der Waals surface area contributed by atoms with Gasteiger partial charge in [-0.15, -0.1) is 16.4 Å². The standard InChI is InChI=1S/C13H18N6OS/c1-9-15-6-11(21-9)7-16-13(20)12-17-8-19(18-12)10-3-2-4-14-5-10/h6,8,10,14H,2-5,7H2,1H3,(H,16,20). The summed E-state index contributed by atoms with van der Waals surface area (Å²) in [5, 5.41) is 11.4. The van der Waals surface area contributed by atoms with Crippen LogP contribution in [0.15, 0.2) is 12.5 Å². The van der Waals surface area contributed by atoms with Crippen LogP contribution in [0.4, 0.5) is 0 Å². The van der Waals surface area contributed by atoms with Gasteiger partial charge in [-0.25, -0.2) is 14.6 Å². The van der Waals surface area contributed by atoms with Gasteiger partial charge in [-0.3, -0.25) is 4.79 Å². The van der Waals surface area contributed by atoms with E-state index in [9.17, 15) is 4.79 Å². The Labute approximate surface area is 126 Å². The van der Waals surface area contributed by atoms with Gasteiger partial charge in [0.2, 0.25) is 5.82 Å². The summed E-state index contributed by atoms with van der Waals surface area (Å²) in [6.07, 6.45) is 5.61. The van der Waals surface area contributed by atoms with Crippen LogP contribution >= 0.6 is 11.3 Å². The van der Waals surface area contributed by atoms with Crippen molar-refractivity contribution in [3.05, 3.63) is 28.2 Å². The van der Waals surface area contributed by atoms with Gasteiger partial charge in [0.05, 0.1) is 17.6 Å². The highest BCUT2D eigenvalue weighted by molar-refractivity contribution is 7.11. The summed E-state index contributed by atoms with van der Waals surface area (Å²) in [6, 6.07) is 0.289. The number of thiazole rings is 1. The van der Waals surface area contributed by atoms with Gasteiger partial charge in [-0.2, -0.15) is 0 Å². The van der Waals surface area contributed by atoms with Crippen LogP contribution in [-0.2, 0) is 6.54 Å². The summed E-state index contributed by atoms with van der Waals surface area (Å²) in [7, 11) is 0. The molecule has 1 atom stereocenters. The Hall–Kier alpha value is -1.80. The average Bonchev–Trinajstić information content (AvgIpc) is 3.15. The summed E-state index contributed by atoms with van der Waals surface area (Å²) in [5.41, 5.74) is 0. The van der Waals surface area contributed by atoms with Crippen LogP contribution in [0.3, 0.4) is 0 Å². The van der Waals surface area contributed by atoms with E-state index in [0.717, 1.165) is 35.8 Å². The van der Waals surface area contributed by atoms with Crippen molar-refractivity contribution in [1.29, 1.82) is 0 Å². The zero-order valence-electron chi connectivity index (χ0n) is 11.9. The molecule has 8 heteroatoms. The lowest BCUT2D eigenvalue weighted by molar-refractivity contribution is 0.0940. The first kappa shape index (κ1) is 14.2. The molecule has 1 unspecified atom stereocenters. The smallest absolute Gasteiger partial charge is 0.291 e. The molecule has 1 aliphatic heterocycles. The fraction of sp³-hybridized carbons (Fsp3) is 0.538. The normalized spacial score (nSPS) is 18.6. The number of carbonyl (C=O) groups excluding carboxylic acids is 1. The molecule has 0 spiro atoms. The van der Waals surface area contributed by atoms with Crippen molar-refractivity contribution < 1.29 is 4.79 Å². The number of piperidine rings is 1. The van der Waals surface area contributed by atoms with Gasteiger partial charge in [-0.05, 0) is 26.3 Å². The topological polar surface area (TPSA) is 84.7 Å². The average molecular weight is 306 g/mol. The Kier molecular flexibility index (Phi) is 4.26. The van der Waals surface area contributed by atoms with Crippen molar-refractivity contribution in [3.8, 4) is 0 Å². The summed E-state index contributed by atoms with van der Waals surface area (Å²) >= 11 is 1.57. The molecule has 1 amide bonds. The number of hydrogen-bond donors (Lipinski definition) is 2. The van der Waals surface area contributed by atoms with Crippen molar-refractivity contribution in [1.82, 2.24) is 30.4 Å². The van der Waals surface area contributed by atoms with Gasteiger partial charge in [0.25, 0.3) is 5.91 Å². The second-order valence-corrected chi connectivity index (χ2v) is 6.40. The first-order valence-electron chi connectivity index (χ1n) is 7.04. The molecule has 0 aromatic carbocycles. The zero-order chi connectivity index (χ0) is 14.7. The van der Waals surface area contributed by atoms with Crippen LogP contribution in [0.1, 0.15) is 39.4 Å². The molecule has 1 aliphatic rings. The van der Waals surface area contributed by atoms with Gasteiger partial charge in [0.1, 0.15) is 6.33 Å². The molecule has 2 aromatic rings. The van der Waals surface area contributed by atoms with Crippen molar-refractivity contribution in [2.75, 3.05) is 13.1 Å². The van der Waals surface area contributed by atoms with Crippen LogP contribution in [-0.4, -0.2) is 38.7 Å². The second-order valence-electron chi connectivity index (χ2n) is 5.08. The van der Waals surface area contributed by atoms with Crippen LogP contribution in [0.2, 0.25) is 0 Å². The lowest BCUT2D eigenvalue weighted by Crippen LogP contribution is -2.32. The molecule has 3 rings (SSSR count). The molecule has 2 N–H and O–H groups in total. The van der Waals surface area contributed by atoms with Gasteiger partial charge in [0.15, 0.2) is 0 Å². The molecular weight excluding hydrogens is 288 g/mol. The molecule has 2 aromatic heterocycles. The summed E-state index contributed by atoms with van der Waals surface area (Å²) < 4.78 is 1.79. The Morgan fingerprint density at radius 1 is 1.57 bits per heavy atom. The molecule has 0 bridgehead atoms. The van der Waals surface area contributed by atoms with Crippen molar-refractivity contribution in [2.45, 2.75) is 32.4 Å². The highest BCUT2D eigenvalue weighted by Gasteiger charge is 2.18. The van der Waals surface area contributed by atoms with E-state index in [2.05, 4.69) is 25.7 Å². The predicted octanol–water partition coefficient (Wildman–Crippen LogP) is 0.898. The molecule has 0 aliphatic carbocycles. The number of aromatic nitrogens is 4. The third-order valence-electron chi connectivity index (χ3n) is 3.45. The maximum absolute atomic E-state index is 12.0. The molecule has 1 fully saturated rings. The summed E-state index contributed by atoms with van der Waals surface area (Å²) in [5.74, 6) is -0.0228. The summed E-state index contributed by atoms with van der Waals surface area (Å²) in [4.78, 5) is 21.3. The molecular formula is C13H18N6OS. The molecule has 0 radical (unpaired) electrons. The van der Waals surface area contributed by atoms with Crippen LogP contribution in [0, 0.1) is 6.92 Å².